The van der Waals surface area contributed by atoms with Crippen molar-refractivity contribution >= 4 is 17.7 Å². The monoisotopic (exact) mass is 361 g/mol. The van der Waals surface area contributed by atoms with Crippen LogP contribution in [0.1, 0.15) is 28.9 Å². The molecule has 1 unspecified atom stereocenters. The number of rotatable bonds is 8. The van der Waals surface area contributed by atoms with Crippen LogP contribution >= 0.6 is 11.8 Å². The summed E-state index contributed by atoms with van der Waals surface area (Å²) in [6.07, 6.45) is -0.838. The molecule has 0 heterocycles. The van der Waals surface area contributed by atoms with E-state index in [2.05, 4.69) is 5.32 Å². The van der Waals surface area contributed by atoms with Gasteiger partial charge in [0.15, 0.2) is 11.5 Å². The van der Waals surface area contributed by atoms with Gasteiger partial charge in [0.05, 0.1) is 25.9 Å². The summed E-state index contributed by atoms with van der Waals surface area (Å²) in [5.74, 6) is 1.82. The molecular formula is C19H23NO4S. The van der Waals surface area contributed by atoms with E-state index in [0.717, 1.165) is 10.6 Å². The first-order valence-electron chi connectivity index (χ1n) is 8.00. The fourth-order valence-electron chi connectivity index (χ4n) is 2.40. The van der Waals surface area contributed by atoms with Gasteiger partial charge in [-0.05, 0) is 35.6 Å². The van der Waals surface area contributed by atoms with Crippen molar-refractivity contribution in [2.24, 2.45) is 0 Å². The first kappa shape index (κ1) is 19.1. The van der Waals surface area contributed by atoms with E-state index in [4.69, 9.17) is 9.47 Å². The molecule has 0 saturated carbocycles. The number of hydrogen-bond acceptors (Lipinski definition) is 5. The van der Waals surface area contributed by atoms with Gasteiger partial charge in [0.25, 0.3) is 5.91 Å². The first-order chi connectivity index (χ1) is 12.1. The molecule has 2 rings (SSSR count). The summed E-state index contributed by atoms with van der Waals surface area (Å²) in [4.78, 5) is 13.4. The standard InChI is InChI=1S/C19H23NO4S/c1-4-25-18-8-6-5-7-14(18)19(22)20-12-15(21)13-9-10-16(23-2)17(11-13)24-3/h5-11,15,21H,4,12H2,1-3H3,(H,20,22). The van der Waals surface area contributed by atoms with Crippen LogP contribution in [0.3, 0.4) is 0 Å². The van der Waals surface area contributed by atoms with Crippen LogP contribution < -0.4 is 14.8 Å². The third kappa shape index (κ3) is 4.90. The molecule has 0 bridgehead atoms. The Labute approximate surface area is 152 Å². The summed E-state index contributed by atoms with van der Waals surface area (Å²) in [6.45, 7) is 2.15. The second-order valence-electron chi connectivity index (χ2n) is 5.27. The number of ether oxygens (including phenoxy) is 2. The lowest BCUT2D eigenvalue weighted by Gasteiger charge is -2.15. The minimum atomic E-state index is -0.838. The van der Waals surface area contributed by atoms with Crippen molar-refractivity contribution in [3.63, 3.8) is 0 Å². The van der Waals surface area contributed by atoms with Crippen molar-refractivity contribution in [2.75, 3.05) is 26.5 Å². The summed E-state index contributed by atoms with van der Waals surface area (Å²) < 4.78 is 10.4. The second-order valence-corrected chi connectivity index (χ2v) is 6.58. The molecule has 0 aliphatic heterocycles. The van der Waals surface area contributed by atoms with Crippen LogP contribution in [0.25, 0.3) is 0 Å². The number of amides is 1. The molecule has 0 saturated heterocycles. The third-order valence-electron chi connectivity index (χ3n) is 3.68. The van der Waals surface area contributed by atoms with E-state index in [1.165, 1.54) is 7.11 Å². The van der Waals surface area contributed by atoms with E-state index in [1.807, 2.05) is 25.1 Å². The third-order valence-corrected chi connectivity index (χ3v) is 4.64. The number of aliphatic hydroxyl groups excluding tert-OH is 1. The Morgan fingerprint density at radius 3 is 2.56 bits per heavy atom. The van der Waals surface area contributed by atoms with Crippen molar-refractivity contribution in [2.45, 2.75) is 17.9 Å². The maximum atomic E-state index is 12.4. The lowest BCUT2D eigenvalue weighted by atomic mass is 10.1. The van der Waals surface area contributed by atoms with Crippen LogP contribution in [0, 0.1) is 0 Å². The predicted octanol–water partition coefficient (Wildman–Crippen LogP) is 3.28. The van der Waals surface area contributed by atoms with Crippen LogP contribution in [0.15, 0.2) is 47.4 Å². The SMILES string of the molecule is CCSc1ccccc1C(=O)NCC(O)c1ccc(OC)c(OC)c1. The van der Waals surface area contributed by atoms with E-state index in [9.17, 15) is 9.90 Å². The van der Waals surface area contributed by atoms with Crippen LogP contribution in [-0.4, -0.2) is 37.5 Å². The summed E-state index contributed by atoms with van der Waals surface area (Å²) in [5.41, 5.74) is 1.27. The molecular weight excluding hydrogens is 338 g/mol. The number of nitrogens with one attached hydrogen (secondary N) is 1. The minimum Gasteiger partial charge on any atom is -0.493 e. The molecule has 1 atom stereocenters. The number of carbonyl (C=O) groups excluding carboxylic acids is 1. The van der Waals surface area contributed by atoms with Gasteiger partial charge >= 0.3 is 0 Å². The highest BCUT2D eigenvalue weighted by Gasteiger charge is 2.15. The van der Waals surface area contributed by atoms with Crippen LogP contribution in [0.5, 0.6) is 11.5 Å². The van der Waals surface area contributed by atoms with E-state index in [1.54, 1.807) is 43.1 Å². The molecule has 0 aliphatic carbocycles. The Hall–Kier alpha value is -2.18. The maximum Gasteiger partial charge on any atom is 0.252 e. The molecule has 0 aromatic heterocycles. The Morgan fingerprint density at radius 1 is 1.16 bits per heavy atom. The summed E-state index contributed by atoms with van der Waals surface area (Å²) >= 11 is 1.62. The molecule has 2 N–H and O–H groups in total. The number of aliphatic hydroxyl groups is 1. The lowest BCUT2D eigenvalue weighted by molar-refractivity contribution is 0.0913. The molecule has 25 heavy (non-hydrogen) atoms. The normalized spacial score (nSPS) is 11.7. The van der Waals surface area contributed by atoms with Crippen LogP contribution in [0.2, 0.25) is 0 Å². The first-order valence-corrected chi connectivity index (χ1v) is 8.99. The van der Waals surface area contributed by atoms with Gasteiger partial charge in [0.2, 0.25) is 0 Å². The molecule has 0 spiro atoms. The fraction of sp³-hybridized carbons (Fsp3) is 0.316. The molecule has 0 fully saturated rings. The lowest BCUT2D eigenvalue weighted by Crippen LogP contribution is -2.28. The molecule has 0 aliphatic rings. The quantitative estimate of drug-likeness (QED) is 0.706. The number of carbonyl (C=O) groups is 1. The molecule has 134 valence electrons. The zero-order valence-electron chi connectivity index (χ0n) is 14.6. The van der Waals surface area contributed by atoms with Crippen molar-refractivity contribution in [1.82, 2.24) is 5.32 Å². The zero-order chi connectivity index (χ0) is 18.2. The Bertz CT molecular complexity index is 720. The predicted molar refractivity (Wildman–Crippen MR) is 99.7 cm³/mol. The van der Waals surface area contributed by atoms with Crippen LogP contribution in [-0.2, 0) is 0 Å². The Kier molecular flexibility index (Phi) is 7.16. The maximum absolute atomic E-state index is 12.4. The number of hydrogen-bond donors (Lipinski definition) is 2. The van der Waals surface area contributed by atoms with Crippen molar-refractivity contribution in [3.05, 3.63) is 53.6 Å². The topological polar surface area (TPSA) is 67.8 Å². The van der Waals surface area contributed by atoms with Crippen molar-refractivity contribution in [3.8, 4) is 11.5 Å². The van der Waals surface area contributed by atoms with Gasteiger partial charge in [-0.2, -0.15) is 0 Å². The minimum absolute atomic E-state index is 0.111. The molecule has 2 aromatic rings. The summed E-state index contributed by atoms with van der Waals surface area (Å²) in [6, 6.07) is 12.6. The average molecular weight is 361 g/mol. The summed E-state index contributed by atoms with van der Waals surface area (Å²) in [7, 11) is 3.10. The van der Waals surface area contributed by atoms with Gasteiger partial charge in [0.1, 0.15) is 0 Å². The van der Waals surface area contributed by atoms with Gasteiger partial charge in [-0.1, -0.05) is 25.1 Å². The second kappa shape index (κ2) is 9.34. The Morgan fingerprint density at radius 2 is 1.88 bits per heavy atom. The zero-order valence-corrected chi connectivity index (χ0v) is 15.4. The van der Waals surface area contributed by atoms with Crippen molar-refractivity contribution in [1.29, 1.82) is 0 Å². The highest BCUT2D eigenvalue weighted by molar-refractivity contribution is 7.99. The van der Waals surface area contributed by atoms with Gasteiger partial charge < -0.3 is 19.9 Å². The molecule has 2 aromatic carbocycles. The largest absolute Gasteiger partial charge is 0.493 e. The molecule has 6 heteroatoms. The highest BCUT2D eigenvalue weighted by Crippen LogP contribution is 2.30. The molecule has 0 radical (unpaired) electrons. The van der Waals surface area contributed by atoms with E-state index in [-0.39, 0.29) is 12.5 Å². The van der Waals surface area contributed by atoms with Gasteiger partial charge in [-0.25, -0.2) is 0 Å². The summed E-state index contributed by atoms with van der Waals surface area (Å²) in [5, 5.41) is 13.1. The smallest absolute Gasteiger partial charge is 0.252 e. The van der Waals surface area contributed by atoms with Crippen LogP contribution in [0.4, 0.5) is 0 Å². The number of thioether (sulfide) groups is 1. The Balaban J connectivity index is 2.04. The van der Waals surface area contributed by atoms with E-state index < -0.39 is 6.10 Å². The van der Waals surface area contributed by atoms with Crippen molar-refractivity contribution < 1.29 is 19.4 Å². The molecule has 5 nitrogen and oxygen atoms in total. The number of benzene rings is 2. The van der Waals surface area contributed by atoms with Gasteiger partial charge in [0, 0.05) is 11.4 Å². The van der Waals surface area contributed by atoms with E-state index in [0.29, 0.717) is 22.6 Å². The van der Waals surface area contributed by atoms with E-state index >= 15 is 0 Å². The van der Waals surface area contributed by atoms with Gasteiger partial charge in [-0.15, -0.1) is 11.8 Å². The number of methoxy groups -OCH3 is 2. The fourth-order valence-corrected chi connectivity index (χ4v) is 3.20. The van der Waals surface area contributed by atoms with Gasteiger partial charge in [-0.3, -0.25) is 4.79 Å². The average Bonchev–Trinajstić information content (AvgIpc) is 2.65. The highest BCUT2D eigenvalue weighted by atomic mass is 32.2. The molecule has 1 amide bonds.